The fourth-order valence-electron chi connectivity index (χ4n) is 4.29. The average molecular weight is 489 g/mol. The highest BCUT2D eigenvalue weighted by molar-refractivity contribution is 6.33. The number of rotatable bonds is 6. The van der Waals surface area contributed by atoms with E-state index in [-0.39, 0.29) is 46.6 Å². The predicted molar refractivity (Wildman–Crippen MR) is 118 cm³/mol. The number of nitrogens with zero attached hydrogens (tertiary/aromatic N) is 2. The second-order valence-electron chi connectivity index (χ2n) is 8.05. The van der Waals surface area contributed by atoms with Gasteiger partial charge in [-0.15, -0.1) is 0 Å². The largest absolute Gasteiger partial charge is 0.478 e. The minimum Gasteiger partial charge on any atom is -0.478 e. The number of carboxylic acids is 1. The van der Waals surface area contributed by atoms with Gasteiger partial charge in [0.25, 0.3) is 0 Å². The molecular weight excluding hydrogens is 470 g/mol. The Kier molecular flexibility index (Phi) is 6.03. The van der Waals surface area contributed by atoms with Gasteiger partial charge in [0.1, 0.15) is 17.3 Å². The van der Waals surface area contributed by atoms with Crippen LogP contribution in [0.15, 0.2) is 46.6 Å². The molecule has 0 unspecified atom stereocenters. The third-order valence-electron chi connectivity index (χ3n) is 5.84. The molecule has 0 radical (unpaired) electrons. The van der Waals surface area contributed by atoms with Crippen LogP contribution in [0.3, 0.4) is 0 Å². The van der Waals surface area contributed by atoms with Crippen LogP contribution in [-0.4, -0.2) is 46.4 Å². The number of aliphatic carboxylic acids is 1. The number of benzene rings is 1. The Labute approximate surface area is 197 Å². The Balaban J connectivity index is 1.31. The topological polar surface area (TPSA) is 110 Å². The molecule has 176 valence electrons. The van der Waals surface area contributed by atoms with E-state index < -0.39 is 17.6 Å². The number of hydrogen-bond acceptors (Lipinski definition) is 7. The molecule has 5 rings (SSSR count). The summed E-state index contributed by atoms with van der Waals surface area (Å²) in [7, 11) is 0. The molecule has 2 aliphatic heterocycles. The first kappa shape index (κ1) is 22.5. The molecule has 2 aliphatic rings. The zero-order valence-corrected chi connectivity index (χ0v) is 18.4. The van der Waals surface area contributed by atoms with E-state index in [2.05, 4.69) is 20.8 Å². The molecule has 0 saturated carbocycles. The number of piperazine rings is 1. The zero-order chi connectivity index (χ0) is 23.8. The zero-order valence-electron chi connectivity index (χ0n) is 17.6. The molecule has 34 heavy (non-hydrogen) atoms. The van der Waals surface area contributed by atoms with Gasteiger partial charge in [-0.2, -0.15) is 0 Å². The van der Waals surface area contributed by atoms with E-state index in [9.17, 15) is 18.7 Å². The normalized spacial score (nSPS) is 19.9. The van der Waals surface area contributed by atoms with Crippen LogP contribution in [0.25, 0.3) is 16.8 Å². The Morgan fingerprint density at radius 3 is 2.82 bits per heavy atom. The molecule has 4 heterocycles. The lowest BCUT2D eigenvalue weighted by molar-refractivity contribution is -0.133. The Hall–Kier alpha value is -3.34. The minimum absolute atomic E-state index is 0.0444. The lowest BCUT2D eigenvalue weighted by atomic mass is 9.85. The van der Waals surface area contributed by atoms with Crippen LogP contribution >= 0.6 is 11.6 Å². The molecule has 2 bridgehead atoms. The molecule has 0 aliphatic carbocycles. The van der Waals surface area contributed by atoms with Crippen molar-refractivity contribution in [3.05, 3.63) is 70.1 Å². The van der Waals surface area contributed by atoms with Gasteiger partial charge in [-0.3, -0.25) is 0 Å². The van der Waals surface area contributed by atoms with Crippen molar-refractivity contribution in [3.63, 3.8) is 0 Å². The number of carboxylic acid groups (broad SMARTS) is 1. The predicted octanol–water partition coefficient (Wildman–Crippen LogP) is 3.42. The lowest BCUT2D eigenvalue weighted by Gasteiger charge is -2.38. The molecule has 0 amide bonds. The van der Waals surface area contributed by atoms with Crippen LogP contribution in [0.4, 0.5) is 8.78 Å². The summed E-state index contributed by atoms with van der Waals surface area (Å²) in [4.78, 5) is 16.2. The van der Waals surface area contributed by atoms with Gasteiger partial charge in [-0.05, 0) is 35.8 Å². The van der Waals surface area contributed by atoms with Gasteiger partial charge in [-0.1, -0.05) is 16.8 Å². The summed E-state index contributed by atoms with van der Waals surface area (Å²) in [5, 5.41) is 19.7. The Morgan fingerprint density at radius 1 is 1.24 bits per heavy atom. The highest BCUT2D eigenvalue weighted by Crippen LogP contribution is 2.33. The van der Waals surface area contributed by atoms with E-state index in [1.54, 1.807) is 18.3 Å². The maximum absolute atomic E-state index is 14.1. The number of aromatic nitrogens is 2. The SMILES string of the molecule is O=C(O)C1=C(c2ccc(OCc3cc(-c4c(F)ccc(F)c4Cl)no3)nc2)C[C@H]2CNC[C@@H]1N2. The van der Waals surface area contributed by atoms with Crippen molar-refractivity contribution in [3.8, 4) is 17.1 Å². The lowest BCUT2D eigenvalue weighted by Crippen LogP contribution is -2.58. The third kappa shape index (κ3) is 4.27. The second kappa shape index (κ2) is 9.13. The molecule has 1 saturated heterocycles. The summed E-state index contributed by atoms with van der Waals surface area (Å²) in [5.74, 6) is -1.90. The van der Waals surface area contributed by atoms with E-state index in [4.69, 9.17) is 20.9 Å². The molecule has 2 aromatic heterocycles. The van der Waals surface area contributed by atoms with Gasteiger partial charge in [0, 0.05) is 37.5 Å². The summed E-state index contributed by atoms with van der Waals surface area (Å²) in [6.07, 6.45) is 2.16. The number of halogens is 3. The first-order valence-electron chi connectivity index (χ1n) is 10.5. The summed E-state index contributed by atoms with van der Waals surface area (Å²) >= 11 is 5.87. The number of ether oxygens (including phenoxy) is 1. The molecule has 2 atom stereocenters. The van der Waals surface area contributed by atoms with Crippen molar-refractivity contribution in [2.75, 3.05) is 13.1 Å². The molecule has 1 fully saturated rings. The Bertz CT molecular complexity index is 1280. The number of pyridine rings is 1. The second-order valence-corrected chi connectivity index (χ2v) is 8.42. The van der Waals surface area contributed by atoms with E-state index in [1.165, 1.54) is 6.07 Å². The monoisotopic (exact) mass is 488 g/mol. The van der Waals surface area contributed by atoms with Gasteiger partial charge in [0.2, 0.25) is 5.88 Å². The molecule has 3 aromatic rings. The molecule has 0 spiro atoms. The summed E-state index contributed by atoms with van der Waals surface area (Å²) in [6.45, 7) is 1.27. The van der Waals surface area contributed by atoms with Crippen LogP contribution in [-0.2, 0) is 11.4 Å². The van der Waals surface area contributed by atoms with E-state index in [0.717, 1.165) is 29.8 Å². The first-order valence-corrected chi connectivity index (χ1v) is 10.9. The molecule has 1 aromatic carbocycles. The van der Waals surface area contributed by atoms with Crippen molar-refractivity contribution >= 4 is 23.1 Å². The summed E-state index contributed by atoms with van der Waals surface area (Å²) in [6, 6.07) is 6.61. The van der Waals surface area contributed by atoms with Crippen LogP contribution in [0.5, 0.6) is 5.88 Å². The quantitative estimate of drug-likeness (QED) is 0.453. The molecule has 8 nitrogen and oxygen atoms in total. The smallest absolute Gasteiger partial charge is 0.333 e. The number of fused-ring (bicyclic) bond motifs is 2. The molecule has 11 heteroatoms. The minimum atomic E-state index is -0.953. The maximum Gasteiger partial charge on any atom is 0.333 e. The average Bonchev–Trinajstić information content (AvgIpc) is 3.29. The number of hydrogen-bond donors (Lipinski definition) is 3. The first-order chi connectivity index (χ1) is 16.4. The standard InChI is InChI=1S/C23H19ClF2N4O4/c24-22-16(26)3-2-15(25)21(22)17-6-13(34-30-17)10-33-19-4-1-11(7-28-19)14-5-12-8-27-9-18(29-12)20(14)23(31)32/h1-4,6-7,12,18,27,29H,5,8-10H2,(H,31,32)/t12-,18-/m0/s1. The molecule has 3 N–H and O–H groups in total. The highest BCUT2D eigenvalue weighted by atomic mass is 35.5. The van der Waals surface area contributed by atoms with Crippen molar-refractivity contribution in [2.24, 2.45) is 0 Å². The van der Waals surface area contributed by atoms with Gasteiger partial charge in [0.05, 0.1) is 22.2 Å². The summed E-state index contributed by atoms with van der Waals surface area (Å²) in [5.41, 5.74) is 1.68. The Morgan fingerprint density at radius 2 is 2.06 bits per heavy atom. The fraction of sp³-hybridized carbons (Fsp3) is 0.261. The van der Waals surface area contributed by atoms with Crippen LogP contribution in [0.1, 0.15) is 17.7 Å². The number of carbonyl (C=O) groups is 1. The molecular formula is C23H19ClF2N4O4. The fourth-order valence-corrected chi connectivity index (χ4v) is 4.54. The van der Waals surface area contributed by atoms with Gasteiger partial charge in [0.15, 0.2) is 12.4 Å². The number of nitrogens with one attached hydrogen (secondary N) is 2. The maximum atomic E-state index is 14.1. The third-order valence-corrected chi connectivity index (χ3v) is 6.21. The van der Waals surface area contributed by atoms with E-state index in [0.29, 0.717) is 18.5 Å². The van der Waals surface area contributed by atoms with Gasteiger partial charge >= 0.3 is 5.97 Å². The van der Waals surface area contributed by atoms with E-state index in [1.807, 2.05) is 0 Å². The highest BCUT2D eigenvalue weighted by Gasteiger charge is 2.35. The van der Waals surface area contributed by atoms with Crippen molar-refractivity contribution in [1.82, 2.24) is 20.8 Å². The van der Waals surface area contributed by atoms with Crippen LogP contribution in [0, 0.1) is 11.6 Å². The van der Waals surface area contributed by atoms with Gasteiger partial charge < -0.3 is 25.0 Å². The van der Waals surface area contributed by atoms with Crippen LogP contribution in [0.2, 0.25) is 5.02 Å². The van der Waals surface area contributed by atoms with E-state index >= 15 is 0 Å². The van der Waals surface area contributed by atoms with Crippen molar-refractivity contribution < 1.29 is 27.9 Å². The summed E-state index contributed by atoms with van der Waals surface area (Å²) < 4.78 is 38.6. The van der Waals surface area contributed by atoms with Crippen molar-refractivity contribution in [1.29, 1.82) is 0 Å². The van der Waals surface area contributed by atoms with Crippen LogP contribution < -0.4 is 15.4 Å². The van der Waals surface area contributed by atoms with Crippen molar-refractivity contribution in [2.45, 2.75) is 25.1 Å². The van der Waals surface area contributed by atoms with Gasteiger partial charge in [-0.25, -0.2) is 18.6 Å².